The van der Waals surface area contributed by atoms with Crippen molar-refractivity contribution in [3.05, 3.63) is 70.8 Å². The number of halogens is 3. The zero-order valence-corrected chi connectivity index (χ0v) is 17.1. The van der Waals surface area contributed by atoms with Crippen LogP contribution in [0.25, 0.3) is 0 Å². The maximum Gasteiger partial charge on any atom is 0.417 e. The molecule has 1 fully saturated rings. The van der Waals surface area contributed by atoms with Gasteiger partial charge in [0.15, 0.2) is 0 Å². The van der Waals surface area contributed by atoms with Gasteiger partial charge in [-0.25, -0.2) is 0 Å². The minimum absolute atomic E-state index is 0.0386. The first-order valence-corrected chi connectivity index (χ1v) is 10.4. The zero-order chi connectivity index (χ0) is 22.0. The average molecular weight is 431 g/mol. The standard InChI is InChI=1S/C23H24F3N3O2/c24-23(25,26)20-8-4-3-7-19(20)22(31)28-13-11-27(12-14-28)16-21(30)29-10-9-17-5-1-2-6-18(17)15-29/h1-8H,9-16H2. The molecule has 2 amide bonds. The number of amides is 2. The van der Waals surface area contributed by atoms with Crippen LogP contribution in [0.15, 0.2) is 48.5 Å². The summed E-state index contributed by atoms with van der Waals surface area (Å²) in [7, 11) is 0. The third-order valence-corrected chi connectivity index (χ3v) is 5.96. The van der Waals surface area contributed by atoms with Gasteiger partial charge >= 0.3 is 6.18 Å². The fourth-order valence-electron chi connectivity index (χ4n) is 4.20. The van der Waals surface area contributed by atoms with Gasteiger partial charge in [-0.2, -0.15) is 13.2 Å². The van der Waals surface area contributed by atoms with Gasteiger partial charge in [-0.15, -0.1) is 0 Å². The predicted octanol–water partition coefficient (Wildman–Crippen LogP) is 3.05. The van der Waals surface area contributed by atoms with Gasteiger partial charge in [0.1, 0.15) is 0 Å². The minimum atomic E-state index is -4.58. The molecule has 4 rings (SSSR count). The number of nitrogens with zero attached hydrogens (tertiary/aromatic N) is 3. The van der Waals surface area contributed by atoms with Crippen LogP contribution < -0.4 is 0 Å². The van der Waals surface area contributed by atoms with Gasteiger partial charge in [-0.3, -0.25) is 14.5 Å². The first-order chi connectivity index (χ1) is 14.8. The number of carbonyl (C=O) groups is 2. The molecule has 0 saturated carbocycles. The molecule has 1 saturated heterocycles. The topological polar surface area (TPSA) is 43.9 Å². The van der Waals surface area contributed by atoms with Crippen molar-refractivity contribution in [3.63, 3.8) is 0 Å². The highest BCUT2D eigenvalue weighted by molar-refractivity contribution is 5.96. The second-order valence-corrected chi connectivity index (χ2v) is 7.95. The third kappa shape index (κ3) is 4.74. The number of benzene rings is 2. The van der Waals surface area contributed by atoms with Crippen LogP contribution in [0.1, 0.15) is 27.0 Å². The Morgan fingerprint density at radius 2 is 1.45 bits per heavy atom. The van der Waals surface area contributed by atoms with E-state index in [1.165, 1.54) is 34.2 Å². The van der Waals surface area contributed by atoms with Crippen LogP contribution in [-0.4, -0.2) is 65.8 Å². The predicted molar refractivity (Wildman–Crippen MR) is 109 cm³/mol. The van der Waals surface area contributed by atoms with Crippen molar-refractivity contribution in [3.8, 4) is 0 Å². The summed E-state index contributed by atoms with van der Waals surface area (Å²) >= 11 is 0. The summed E-state index contributed by atoms with van der Waals surface area (Å²) in [5.41, 5.74) is 1.20. The average Bonchev–Trinajstić information content (AvgIpc) is 2.78. The number of fused-ring (bicyclic) bond motifs is 1. The van der Waals surface area contributed by atoms with Gasteiger partial charge in [0, 0.05) is 39.3 Å². The number of rotatable bonds is 3. The van der Waals surface area contributed by atoms with Crippen LogP contribution in [0.4, 0.5) is 13.2 Å². The highest BCUT2D eigenvalue weighted by Crippen LogP contribution is 2.32. The van der Waals surface area contributed by atoms with E-state index in [1.807, 2.05) is 28.0 Å². The lowest BCUT2D eigenvalue weighted by atomic mass is 10.00. The maximum atomic E-state index is 13.2. The molecule has 0 radical (unpaired) electrons. The van der Waals surface area contributed by atoms with Gasteiger partial charge < -0.3 is 9.80 Å². The van der Waals surface area contributed by atoms with E-state index in [1.54, 1.807) is 0 Å². The molecule has 164 valence electrons. The zero-order valence-electron chi connectivity index (χ0n) is 17.1. The van der Waals surface area contributed by atoms with Crippen molar-refractivity contribution in [1.82, 2.24) is 14.7 Å². The van der Waals surface area contributed by atoms with Gasteiger partial charge in [0.2, 0.25) is 5.91 Å². The molecule has 5 nitrogen and oxygen atoms in total. The summed E-state index contributed by atoms with van der Waals surface area (Å²) in [6.45, 7) is 3.03. The fourth-order valence-corrected chi connectivity index (χ4v) is 4.20. The van der Waals surface area contributed by atoms with E-state index in [0.29, 0.717) is 39.3 Å². The monoisotopic (exact) mass is 431 g/mol. The lowest BCUT2D eigenvalue weighted by molar-refractivity contribution is -0.138. The van der Waals surface area contributed by atoms with E-state index in [9.17, 15) is 22.8 Å². The van der Waals surface area contributed by atoms with Crippen LogP contribution in [0, 0.1) is 0 Å². The van der Waals surface area contributed by atoms with Gasteiger partial charge in [-0.1, -0.05) is 36.4 Å². The lowest BCUT2D eigenvalue weighted by Gasteiger charge is -2.36. The van der Waals surface area contributed by atoms with Crippen molar-refractivity contribution in [2.45, 2.75) is 19.1 Å². The Balaban J connectivity index is 1.32. The number of carbonyl (C=O) groups excluding carboxylic acids is 2. The van der Waals surface area contributed by atoms with E-state index in [2.05, 4.69) is 6.07 Å². The second-order valence-electron chi connectivity index (χ2n) is 7.95. The van der Waals surface area contributed by atoms with E-state index < -0.39 is 17.6 Å². The first kappa shape index (κ1) is 21.4. The number of hydrogen-bond donors (Lipinski definition) is 0. The molecular formula is C23H24F3N3O2. The Morgan fingerprint density at radius 1 is 0.806 bits per heavy atom. The molecule has 0 N–H and O–H groups in total. The van der Waals surface area contributed by atoms with E-state index in [0.717, 1.165) is 12.5 Å². The van der Waals surface area contributed by atoms with Crippen LogP contribution >= 0.6 is 0 Å². The largest absolute Gasteiger partial charge is 0.417 e. The summed E-state index contributed by atoms with van der Waals surface area (Å²) in [6, 6.07) is 13.0. The van der Waals surface area contributed by atoms with Crippen LogP contribution in [0.2, 0.25) is 0 Å². The fraction of sp³-hybridized carbons (Fsp3) is 0.391. The molecule has 8 heteroatoms. The third-order valence-electron chi connectivity index (χ3n) is 5.96. The Kier molecular flexibility index (Phi) is 6.00. The molecule has 31 heavy (non-hydrogen) atoms. The number of piperazine rings is 1. The SMILES string of the molecule is O=C(CN1CCN(C(=O)c2ccccc2C(F)(F)F)CC1)N1CCc2ccccc2C1. The van der Waals surface area contributed by atoms with E-state index in [4.69, 9.17) is 0 Å². The molecule has 2 aliphatic heterocycles. The molecule has 0 spiro atoms. The highest BCUT2D eigenvalue weighted by Gasteiger charge is 2.36. The van der Waals surface area contributed by atoms with Crippen LogP contribution in [0.5, 0.6) is 0 Å². The quantitative estimate of drug-likeness (QED) is 0.751. The molecule has 2 heterocycles. The van der Waals surface area contributed by atoms with Gasteiger partial charge in [0.25, 0.3) is 5.91 Å². The molecule has 0 bridgehead atoms. The summed E-state index contributed by atoms with van der Waals surface area (Å²) in [6.07, 6.45) is -3.74. The van der Waals surface area contributed by atoms with E-state index in [-0.39, 0.29) is 18.0 Å². The molecular weight excluding hydrogens is 407 g/mol. The van der Waals surface area contributed by atoms with Gasteiger partial charge in [-0.05, 0) is 29.7 Å². The maximum absolute atomic E-state index is 13.2. The van der Waals surface area contributed by atoms with Gasteiger partial charge in [0.05, 0.1) is 17.7 Å². The Bertz CT molecular complexity index is 969. The Morgan fingerprint density at radius 3 is 2.16 bits per heavy atom. The second kappa shape index (κ2) is 8.70. The van der Waals surface area contributed by atoms with Crippen molar-refractivity contribution >= 4 is 11.8 Å². The molecule has 0 aliphatic carbocycles. The highest BCUT2D eigenvalue weighted by atomic mass is 19.4. The smallest absolute Gasteiger partial charge is 0.337 e. The van der Waals surface area contributed by atoms with Crippen molar-refractivity contribution in [1.29, 1.82) is 0 Å². The molecule has 2 aromatic rings. The van der Waals surface area contributed by atoms with Crippen molar-refractivity contribution in [2.24, 2.45) is 0 Å². The summed E-state index contributed by atoms with van der Waals surface area (Å²) < 4.78 is 39.7. The summed E-state index contributed by atoms with van der Waals surface area (Å²) in [4.78, 5) is 30.7. The number of hydrogen-bond acceptors (Lipinski definition) is 3. The summed E-state index contributed by atoms with van der Waals surface area (Å²) in [5.74, 6) is -0.580. The minimum Gasteiger partial charge on any atom is -0.337 e. The number of alkyl halides is 3. The van der Waals surface area contributed by atoms with Crippen LogP contribution in [0.3, 0.4) is 0 Å². The molecule has 0 unspecified atom stereocenters. The molecule has 2 aliphatic rings. The van der Waals surface area contributed by atoms with Crippen molar-refractivity contribution in [2.75, 3.05) is 39.3 Å². The first-order valence-electron chi connectivity index (χ1n) is 10.4. The lowest BCUT2D eigenvalue weighted by Crippen LogP contribution is -2.52. The Hall–Kier alpha value is -2.87. The Labute approximate surface area is 179 Å². The molecule has 0 atom stereocenters. The molecule has 0 aromatic heterocycles. The normalized spacial score (nSPS) is 17.4. The van der Waals surface area contributed by atoms with Crippen LogP contribution in [-0.2, 0) is 23.9 Å². The van der Waals surface area contributed by atoms with Crippen molar-refractivity contribution < 1.29 is 22.8 Å². The van der Waals surface area contributed by atoms with E-state index >= 15 is 0 Å². The summed E-state index contributed by atoms with van der Waals surface area (Å²) in [5, 5.41) is 0. The molecule has 2 aromatic carbocycles.